The third-order valence-electron chi connectivity index (χ3n) is 1.46. The van der Waals surface area contributed by atoms with Crippen molar-refractivity contribution in [1.82, 2.24) is 15.0 Å². The van der Waals surface area contributed by atoms with Gasteiger partial charge in [0.15, 0.2) is 0 Å². The molecule has 0 amide bonds. The largest absolute Gasteiger partial charge is 0.467 e. The Balaban J connectivity index is 2.81. The lowest BCUT2D eigenvalue weighted by atomic mass is 10.5. The van der Waals surface area contributed by atoms with Crippen molar-refractivity contribution in [2.24, 2.45) is 5.84 Å². The van der Waals surface area contributed by atoms with Crippen molar-refractivity contribution in [3.8, 4) is 6.01 Å². The molecular formula is C7H14N6O. The molecule has 0 unspecified atom stereocenters. The maximum atomic E-state index is 5.18. The van der Waals surface area contributed by atoms with E-state index in [-0.39, 0.29) is 12.0 Å². The van der Waals surface area contributed by atoms with Gasteiger partial charge in [0.1, 0.15) is 0 Å². The number of hydrazine groups is 1. The molecule has 1 rings (SSSR count). The molecule has 7 heteroatoms. The topological polar surface area (TPSA) is 98.0 Å². The molecule has 78 valence electrons. The number of nitrogens with one attached hydrogen (secondary N) is 2. The third-order valence-corrected chi connectivity index (χ3v) is 1.46. The van der Waals surface area contributed by atoms with Gasteiger partial charge in [-0.2, -0.15) is 15.0 Å². The van der Waals surface area contributed by atoms with Gasteiger partial charge in [-0.25, -0.2) is 5.84 Å². The number of nitrogens with zero attached hydrogens (tertiary/aromatic N) is 3. The van der Waals surface area contributed by atoms with Crippen LogP contribution in [0.4, 0.5) is 11.9 Å². The summed E-state index contributed by atoms with van der Waals surface area (Å²) in [4.78, 5) is 11.8. The zero-order chi connectivity index (χ0) is 10.4. The van der Waals surface area contributed by atoms with E-state index in [1.54, 1.807) is 0 Å². The molecule has 0 aliphatic heterocycles. The van der Waals surface area contributed by atoms with Crippen LogP contribution in [0.15, 0.2) is 0 Å². The van der Waals surface area contributed by atoms with E-state index in [0.717, 1.165) is 13.0 Å². The molecule has 0 atom stereocenters. The summed E-state index contributed by atoms with van der Waals surface area (Å²) >= 11 is 0. The Hall–Kier alpha value is -1.63. The Morgan fingerprint density at radius 3 is 2.57 bits per heavy atom. The molecule has 0 spiro atoms. The Labute approximate surface area is 82.1 Å². The molecule has 0 bridgehead atoms. The highest BCUT2D eigenvalue weighted by Crippen LogP contribution is 2.09. The first-order valence-electron chi connectivity index (χ1n) is 4.30. The number of nitrogen functional groups attached to an aromatic ring is 1. The van der Waals surface area contributed by atoms with Gasteiger partial charge in [0, 0.05) is 6.54 Å². The molecule has 0 aliphatic carbocycles. The van der Waals surface area contributed by atoms with Crippen LogP contribution in [0.2, 0.25) is 0 Å². The van der Waals surface area contributed by atoms with Crippen LogP contribution in [0.3, 0.4) is 0 Å². The molecule has 0 saturated heterocycles. The van der Waals surface area contributed by atoms with Gasteiger partial charge in [-0.3, -0.25) is 5.43 Å². The second-order valence-electron chi connectivity index (χ2n) is 2.54. The second kappa shape index (κ2) is 5.18. The third kappa shape index (κ3) is 2.70. The van der Waals surface area contributed by atoms with Gasteiger partial charge in [-0.15, -0.1) is 0 Å². The first-order chi connectivity index (χ1) is 6.80. The van der Waals surface area contributed by atoms with Crippen LogP contribution in [0.25, 0.3) is 0 Å². The van der Waals surface area contributed by atoms with Gasteiger partial charge < -0.3 is 10.1 Å². The minimum atomic E-state index is 0.228. The summed E-state index contributed by atoms with van der Waals surface area (Å²) in [5.74, 6) is 5.91. The Kier molecular flexibility index (Phi) is 3.86. The van der Waals surface area contributed by atoms with Gasteiger partial charge >= 0.3 is 6.01 Å². The Morgan fingerprint density at radius 1 is 1.29 bits per heavy atom. The monoisotopic (exact) mass is 198 g/mol. The molecule has 1 aromatic rings. The van der Waals surface area contributed by atoms with Crippen molar-refractivity contribution in [3.63, 3.8) is 0 Å². The number of rotatable bonds is 5. The molecule has 0 aliphatic rings. The van der Waals surface area contributed by atoms with Crippen LogP contribution in [-0.4, -0.2) is 28.6 Å². The van der Waals surface area contributed by atoms with E-state index in [2.05, 4.69) is 25.7 Å². The smallest absolute Gasteiger partial charge is 0.322 e. The number of ether oxygens (including phenoxy) is 1. The molecule has 0 fully saturated rings. The van der Waals surface area contributed by atoms with Crippen molar-refractivity contribution in [3.05, 3.63) is 0 Å². The summed E-state index contributed by atoms with van der Waals surface area (Å²) in [6.45, 7) is 2.84. The quantitative estimate of drug-likeness (QED) is 0.452. The fraction of sp³-hybridized carbons (Fsp3) is 0.571. The minimum Gasteiger partial charge on any atom is -0.467 e. The van der Waals surface area contributed by atoms with Crippen molar-refractivity contribution in [2.45, 2.75) is 13.3 Å². The fourth-order valence-corrected chi connectivity index (χ4v) is 0.828. The number of anilines is 2. The van der Waals surface area contributed by atoms with Crippen molar-refractivity contribution in [2.75, 3.05) is 24.4 Å². The molecule has 7 nitrogen and oxygen atoms in total. The highest BCUT2D eigenvalue weighted by molar-refractivity contribution is 5.34. The lowest BCUT2D eigenvalue weighted by molar-refractivity contribution is 0.379. The minimum absolute atomic E-state index is 0.228. The van der Waals surface area contributed by atoms with Crippen molar-refractivity contribution in [1.29, 1.82) is 0 Å². The molecule has 1 heterocycles. The SMILES string of the molecule is CCCNc1nc(NN)nc(OC)n1. The van der Waals surface area contributed by atoms with Crippen LogP contribution in [0.1, 0.15) is 13.3 Å². The number of hydrogen-bond donors (Lipinski definition) is 3. The fourth-order valence-electron chi connectivity index (χ4n) is 0.828. The predicted molar refractivity (Wildman–Crippen MR) is 53.0 cm³/mol. The van der Waals surface area contributed by atoms with E-state index in [1.165, 1.54) is 7.11 Å². The molecule has 1 aromatic heterocycles. The maximum Gasteiger partial charge on any atom is 0.322 e. The van der Waals surface area contributed by atoms with E-state index in [9.17, 15) is 0 Å². The Morgan fingerprint density at radius 2 is 2.00 bits per heavy atom. The first-order valence-corrected chi connectivity index (χ1v) is 4.30. The summed E-state index contributed by atoms with van der Waals surface area (Å²) in [5.41, 5.74) is 2.34. The van der Waals surface area contributed by atoms with Crippen LogP contribution >= 0.6 is 0 Å². The van der Waals surface area contributed by atoms with E-state index in [1.807, 2.05) is 6.92 Å². The number of nitrogens with two attached hydrogens (primary N) is 1. The van der Waals surface area contributed by atoms with Gasteiger partial charge in [0.2, 0.25) is 11.9 Å². The van der Waals surface area contributed by atoms with Crippen LogP contribution in [0, 0.1) is 0 Å². The second-order valence-corrected chi connectivity index (χ2v) is 2.54. The zero-order valence-electron chi connectivity index (χ0n) is 8.24. The molecule has 0 saturated carbocycles. The first kappa shape index (κ1) is 10.5. The number of methoxy groups -OCH3 is 1. The maximum absolute atomic E-state index is 5.18. The van der Waals surface area contributed by atoms with Crippen LogP contribution < -0.4 is 21.3 Å². The van der Waals surface area contributed by atoms with Crippen molar-refractivity contribution < 1.29 is 4.74 Å². The van der Waals surface area contributed by atoms with E-state index >= 15 is 0 Å². The van der Waals surface area contributed by atoms with Gasteiger partial charge in [-0.05, 0) is 6.42 Å². The van der Waals surface area contributed by atoms with E-state index < -0.39 is 0 Å². The average molecular weight is 198 g/mol. The summed E-state index contributed by atoms with van der Waals surface area (Å²) in [6.07, 6.45) is 0.986. The summed E-state index contributed by atoms with van der Waals surface area (Å²) < 4.78 is 4.88. The average Bonchev–Trinajstić information content (AvgIpc) is 2.25. The lowest BCUT2D eigenvalue weighted by Crippen LogP contribution is -2.14. The zero-order valence-corrected chi connectivity index (χ0v) is 8.24. The molecule has 0 aromatic carbocycles. The van der Waals surface area contributed by atoms with E-state index in [4.69, 9.17) is 10.6 Å². The summed E-state index contributed by atoms with van der Waals surface area (Å²) in [7, 11) is 1.49. The predicted octanol–water partition coefficient (Wildman–Crippen LogP) is -0.0123. The summed E-state index contributed by atoms with van der Waals surface area (Å²) in [5, 5.41) is 3.01. The lowest BCUT2D eigenvalue weighted by Gasteiger charge is -2.06. The highest BCUT2D eigenvalue weighted by Gasteiger charge is 2.04. The molecule has 0 radical (unpaired) electrons. The number of aromatic nitrogens is 3. The highest BCUT2D eigenvalue weighted by atomic mass is 16.5. The molecular weight excluding hydrogens is 184 g/mol. The Bertz CT molecular complexity index is 269. The van der Waals surface area contributed by atoms with Crippen molar-refractivity contribution >= 4 is 11.9 Å². The van der Waals surface area contributed by atoms with Gasteiger partial charge in [0.05, 0.1) is 7.11 Å². The van der Waals surface area contributed by atoms with Crippen LogP contribution in [-0.2, 0) is 0 Å². The number of hydrogen-bond acceptors (Lipinski definition) is 7. The standard InChI is InChI=1S/C7H14N6O/c1-3-4-9-5-10-6(13-8)12-7(11-5)14-2/h3-4,8H2,1-2H3,(H2,9,10,11,12,13). The molecule has 4 N–H and O–H groups in total. The van der Waals surface area contributed by atoms with Gasteiger partial charge in [0.25, 0.3) is 0 Å². The summed E-state index contributed by atoms with van der Waals surface area (Å²) in [6, 6.07) is 0.228. The van der Waals surface area contributed by atoms with Gasteiger partial charge in [-0.1, -0.05) is 6.92 Å². The van der Waals surface area contributed by atoms with E-state index in [0.29, 0.717) is 5.95 Å². The normalized spacial score (nSPS) is 9.64. The van der Waals surface area contributed by atoms with Crippen LogP contribution in [0.5, 0.6) is 6.01 Å². The molecule has 14 heavy (non-hydrogen) atoms.